The molecule has 0 saturated carbocycles. The van der Waals surface area contributed by atoms with Gasteiger partial charge in [-0.25, -0.2) is 12.2 Å². The van der Waals surface area contributed by atoms with Crippen LogP contribution in [0.25, 0.3) is 0 Å². The van der Waals surface area contributed by atoms with Gasteiger partial charge < -0.3 is 0 Å². The molecular formula is C5H7Cl2V-. The van der Waals surface area contributed by atoms with Gasteiger partial charge >= 0.3 is 0 Å². The smallest absolute Gasteiger partial charge is 0 e. The van der Waals surface area contributed by atoms with Crippen molar-refractivity contribution in [2.24, 2.45) is 0 Å². The zero-order chi connectivity index (χ0) is 3.54. The van der Waals surface area contributed by atoms with Crippen LogP contribution in [0.5, 0.6) is 0 Å². The molecule has 0 aromatic rings. The Morgan fingerprint density at radius 3 is 2.00 bits per heavy atom. The number of halogens is 2. The van der Waals surface area contributed by atoms with Crippen molar-refractivity contribution in [2.75, 3.05) is 0 Å². The largest absolute Gasteiger partial charge is 0.273 e. The molecule has 3 heteroatoms. The summed E-state index contributed by atoms with van der Waals surface area (Å²) in [5.74, 6) is 0. The van der Waals surface area contributed by atoms with Crippen LogP contribution >= 0.6 is 24.8 Å². The van der Waals surface area contributed by atoms with Crippen molar-refractivity contribution < 1.29 is 18.6 Å². The van der Waals surface area contributed by atoms with Gasteiger partial charge in [0.25, 0.3) is 0 Å². The van der Waals surface area contributed by atoms with E-state index in [1.807, 2.05) is 12.2 Å². The van der Waals surface area contributed by atoms with Crippen LogP contribution in [0.15, 0.2) is 18.2 Å². The van der Waals surface area contributed by atoms with Gasteiger partial charge in [0.15, 0.2) is 0 Å². The maximum atomic E-state index is 2.99. The normalized spacial score (nSPS) is 11.0. The fraction of sp³-hybridized carbons (Fsp3) is 0.200. The number of rotatable bonds is 0. The van der Waals surface area contributed by atoms with Crippen LogP contribution in [0.2, 0.25) is 0 Å². The molecule has 0 nitrogen and oxygen atoms in total. The van der Waals surface area contributed by atoms with Crippen LogP contribution in [0.1, 0.15) is 6.42 Å². The molecule has 0 unspecified atom stereocenters. The molecule has 0 aliphatic heterocycles. The van der Waals surface area contributed by atoms with E-state index < -0.39 is 0 Å². The zero-order valence-corrected chi connectivity index (χ0v) is 7.23. The maximum Gasteiger partial charge on any atom is 0 e. The monoisotopic (exact) mass is 188 g/mol. The van der Waals surface area contributed by atoms with Crippen molar-refractivity contribution in [3.8, 4) is 0 Å². The predicted molar refractivity (Wildman–Crippen MR) is 36.1 cm³/mol. The maximum absolute atomic E-state index is 2.99. The molecule has 0 spiro atoms. The summed E-state index contributed by atoms with van der Waals surface area (Å²) in [6.07, 6.45) is 10.0. The van der Waals surface area contributed by atoms with Crippen LogP contribution in [-0.4, -0.2) is 0 Å². The molecular weight excluding hydrogens is 182 g/mol. The Kier molecular flexibility index (Phi) is 21.0. The molecule has 1 aliphatic rings. The topological polar surface area (TPSA) is 0 Å². The van der Waals surface area contributed by atoms with E-state index in [0.717, 1.165) is 6.42 Å². The van der Waals surface area contributed by atoms with Crippen molar-refractivity contribution in [1.29, 1.82) is 0 Å². The van der Waals surface area contributed by atoms with Crippen molar-refractivity contribution in [3.63, 3.8) is 0 Å². The Morgan fingerprint density at radius 1 is 1.25 bits per heavy atom. The molecule has 0 amide bonds. The molecule has 0 fully saturated rings. The first kappa shape index (κ1) is 15.9. The summed E-state index contributed by atoms with van der Waals surface area (Å²) in [4.78, 5) is 0. The fourth-order valence-electron chi connectivity index (χ4n) is 0.340. The zero-order valence-electron chi connectivity index (χ0n) is 4.20. The van der Waals surface area contributed by atoms with Gasteiger partial charge in [0.2, 0.25) is 0 Å². The summed E-state index contributed by atoms with van der Waals surface area (Å²) in [6.45, 7) is 0. The third-order valence-electron chi connectivity index (χ3n) is 0.586. The molecule has 0 heterocycles. The van der Waals surface area contributed by atoms with Gasteiger partial charge in [-0.15, -0.1) is 31.2 Å². The van der Waals surface area contributed by atoms with E-state index in [9.17, 15) is 0 Å². The van der Waals surface area contributed by atoms with Crippen molar-refractivity contribution in [3.05, 3.63) is 24.3 Å². The number of hydrogen-bond donors (Lipinski definition) is 0. The second kappa shape index (κ2) is 10.6. The molecule has 0 atom stereocenters. The molecule has 1 radical (unpaired) electrons. The Balaban J connectivity index is -0.0000000833. The van der Waals surface area contributed by atoms with Crippen molar-refractivity contribution in [2.45, 2.75) is 6.42 Å². The molecule has 8 heavy (non-hydrogen) atoms. The van der Waals surface area contributed by atoms with E-state index in [2.05, 4.69) is 12.2 Å². The van der Waals surface area contributed by atoms with Gasteiger partial charge in [-0.2, -0.15) is 6.08 Å². The van der Waals surface area contributed by atoms with Crippen molar-refractivity contribution in [1.82, 2.24) is 0 Å². The Labute approximate surface area is 74.1 Å². The van der Waals surface area contributed by atoms with Crippen LogP contribution in [-0.2, 0) is 18.6 Å². The van der Waals surface area contributed by atoms with Crippen LogP contribution in [0, 0.1) is 6.08 Å². The summed E-state index contributed by atoms with van der Waals surface area (Å²) in [5, 5.41) is 0. The van der Waals surface area contributed by atoms with E-state index in [1.54, 1.807) is 0 Å². The van der Waals surface area contributed by atoms with Gasteiger partial charge in [-0.05, 0) is 0 Å². The quantitative estimate of drug-likeness (QED) is 0.512. The van der Waals surface area contributed by atoms with Crippen LogP contribution in [0.4, 0.5) is 0 Å². The molecule has 0 bridgehead atoms. The first-order valence-corrected chi connectivity index (χ1v) is 1.72. The molecule has 0 N–H and O–H groups in total. The predicted octanol–water partition coefficient (Wildman–Crippen LogP) is 2.15. The van der Waals surface area contributed by atoms with E-state index in [1.165, 1.54) is 0 Å². The summed E-state index contributed by atoms with van der Waals surface area (Å²) in [6, 6.07) is 0. The molecule has 0 aromatic heterocycles. The molecule has 47 valence electrons. The summed E-state index contributed by atoms with van der Waals surface area (Å²) >= 11 is 0. The van der Waals surface area contributed by atoms with E-state index in [4.69, 9.17) is 0 Å². The first-order valence-electron chi connectivity index (χ1n) is 1.72. The minimum Gasteiger partial charge on any atom is -0.273 e. The minimum atomic E-state index is 0. The van der Waals surface area contributed by atoms with E-state index >= 15 is 0 Å². The van der Waals surface area contributed by atoms with Crippen molar-refractivity contribution >= 4 is 24.8 Å². The minimum absolute atomic E-state index is 0. The average molecular weight is 189 g/mol. The third-order valence-corrected chi connectivity index (χ3v) is 0.586. The Bertz CT molecular complexity index is 68.5. The SMILES string of the molecule is Cl.Cl.[C-]1=CC=CC1.[V]. The van der Waals surface area contributed by atoms with E-state index in [0.29, 0.717) is 0 Å². The van der Waals surface area contributed by atoms with Crippen LogP contribution < -0.4 is 0 Å². The van der Waals surface area contributed by atoms with Gasteiger partial charge in [0.1, 0.15) is 0 Å². The molecule has 1 aliphatic carbocycles. The molecule has 0 saturated heterocycles. The third kappa shape index (κ3) is 6.64. The van der Waals surface area contributed by atoms with Crippen LogP contribution in [0.3, 0.4) is 0 Å². The van der Waals surface area contributed by atoms with E-state index in [-0.39, 0.29) is 43.4 Å². The Morgan fingerprint density at radius 2 is 1.88 bits per heavy atom. The standard InChI is InChI=1S/C5H5.2ClH.V/c1-2-4-5-3-1;;;/h1-3H,4H2;2*1H;/q-1;;;. The molecule has 0 aromatic carbocycles. The second-order valence-corrected chi connectivity index (χ2v) is 1.00. The summed E-state index contributed by atoms with van der Waals surface area (Å²) in [7, 11) is 0. The van der Waals surface area contributed by atoms with Gasteiger partial charge in [-0.1, -0.05) is 0 Å². The number of hydrogen-bond acceptors (Lipinski definition) is 0. The van der Waals surface area contributed by atoms with Gasteiger partial charge in [0.05, 0.1) is 0 Å². The average Bonchev–Trinajstić information content (AvgIpc) is 1.76. The molecule has 1 rings (SSSR count). The summed E-state index contributed by atoms with van der Waals surface area (Å²) in [5.41, 5.74) is 0. The number of allylic oxidation sites excluding steroid dienone is 4. The first-order chi connectivity index (χ1) is 2.50. The Hall–Kier alpha value is 0.644. The fourth-order valence-corrected chi connectivity index (χ4v) is 0.340. The second-order valence-electron chi connectivity index (χ2n) is 1.00. The van der Waals surface area contributed by atoms with Gasteiger partial charge in [-0.3, -0.25) is 6.08 Å². The summed E-state index contributed by atoms with van der Waals surface area (Å²) < 4.78 is 0. The van der Waals surface area contributed by atoms with Gasteiger partial charge in [0, 0.05) is 18.6 Å².